The molecule has 0 aliphatic heterocycles. The number of rotatable bonds is 2. The second-order valence-electron chi connectivity index (χ2n) is 7.47. The average molecular weight is 482 g/mol. The molecule has 0 bridgehead atoms. The van der Waals surface area contributed by atoms with Crippen LogP contribution in [0.15, 0.2) is 46.5 Å². The average Bonchev–Trinajstić information content (AvgIpc) is 3.44. The van der Waals surface area contributed by atoms with E-state index < -0.39 is 0 Å². The van der Waals surface area contributed by atoms with Crippen LogP contribution >= 0.6 is 0 Å². The Balaban J connectivity index is 2.30. The fourth-order valence-corrected chi connectivity index (χ4v) is 4.28. The van der Waals surface area contributed by atoms with Crippen molar-refractivity contribution < 1.29 is 0 Å². The monoisotopic (exact) mass is 482 g/mol. The van der Waals surface area contributed by atoms with Crippen LogP contribution in [-0.4, -0.2) is 0 Å². The molecular formula is C28H6N10. The Morgan fingerprint density at radius 3 is 1.92 bits per heavy atom. The van der Waals surface area contributed by atoms with E-state index in [0.717, 1.165) is 0 Å². The molecular weight excluding hydrogens is 476 g/mol. The quantitative estimate of drug-likeness (QED) is 0.225. The summed E-state index contributed by atoms with van der Waals surface area (Å²) in [7, 11) is 0. The minimum atomic E-state index is -0.0419. The SMILES string of the molecule is [C-]#[N+]/N=c1\c(-c2ccc([N+]#[C-])c([N+]#[C-])c2)c([N+]#[C-])c2c(=NC#N)c(-c3ccc(C#N)c(C#N)c3)c(C#N)c1=2. The second-order valence-corrected chi connectivity index (χ2v) is 7.47. The Kier molecular flexibility index (Phi) is 6.11. The van der Waals surface area contributed by atoms with Gasteiger partial charge in [0.15, 0.2) is 16.7 Å². The van der Waals surface area contributed by atoms with Crippen molar-refractivity contribution in [3.05, 3.63) is 120 Å². The summed E-state index contributed by atoms with van der Waals surface area (Å²) in [4.78, 5) is 17.4. The first-order valence-electron chi connectivity index (χ1n) is 10.3. The van der Waals surface area contributed by atoms with Gasteiger partial charge >= 0.3 is 0 Å². The fraction of sp³-hybridized carbons (Fsp3) is 0. The predicted octanol–water partition coefficient (Wildman–Crippen LogP) is 5.01. The van der Waals surface area contributed by atoms with Crippen LogP contribution in [0, 0.1) is 82.2 Å². The number of hydrogen-bond donors (Lipinski definition) is 0. The normalized spacial score (nSPS) is 10.7. The first-order chi connectivity index (χ1) is 18.5. The van der Waals surface area contributed by atoms with E-state index in [2.05, 4.69) is 35.7 Å². The van der Waals surface area contributed by atoms with Crippen LogP contribution in [0.2, 0.25) is 0 Å². The Bertz CT molecular complexity index is 2060. The van der Waals surface area contributed by atoms with E-state index in [1.165, 1.54) is 36.4 Å². The second kappa shape index (κ2) is 9.65. The first kappa shape index (κ1) is 24.1. The molecule has 0 fully saturated rings. The number of hydrogen-bond acceptors (Lipinski definition) is 6. The van der Waals surface area contributed by atoms with Gasteiger partial charge in [-0.2, -0.15) is 32.6 Å². The van der Waals surface area contributed by atoms with E-state index in [4.69, 9.17) is 26.3 Å². The highest BCUT2D eigenvalue weighted by atomic mass is 15.2. The molecule has 0 heterocycles. The maximum Gasteiger partial charge on any atom is 0.207 e. The maximum atomic E-state index is 10.2. The van der Waals surface area contributed by atoms with Gasteiger partial charge in [0.2, 0.25) is 11.9 Å². The number of benzene rings is 2. The smallest absolute Gasteiger partial charge is 0.207 e. The molecule has 2 aromatic carbocycles. The van der Waals surface area contributed by atoms with Crippen molar-refractivity contribution in [2.45, 2.75) is 0 Å². The van der Waals surface area contributed by atoms with E-state index >= 15 is 0 Å². The van der Waals surface area contributed by atoms with Gasteiger partial charge in [-0.05, 0) is 23.3 Å². The topological polar surface area (TPSA) is 137 Å². The highest BCUT2D eigenvalue weighted by Gasteiger charge is 2.26. The molecule has 0 saturated heterocycles. The van der Waals surface area contributed by atoms with Crippen LogP contribution in [0.25, 0.3) is 41.7 Å². The molecule has 0 unspecified atom stereocenters. The molecule has 4 rings (SSSR count). The lowest BCUT2D eigenvalue weighted by atomic mass is 9.97. The lowest BCUT2D eigenvalue weighted by Crippen LogP contribution is -2.06. The summed E-state index contributed by atoms with van der Waals surface area (Å²) in [6.45, 7) is 30.0. The molecule has 0 spiro atoms. The molecule has 0 atom stereocenters. The van der Waals surface area contributed by atoms with Gasteiger partial charge in [-0.3, -0.25) is 9.69 Å². The fourth-order valence-electron chi connectivity index (χ4n) is 4.28. The van der Waals surface area contributed by atoms with Gasteiger partial charge in [-0.1, -0.05) is 24.3 Å². The third kappa shape index (κ3) is 3.44. The summed E-state index contributed by atoms with van der Waals surface area (Å²) in [5.74, 6) is 0. The predicted molar refractivity (Wildman–Crippen MR) is 131 cm³/mol. The number of nitrogens with zero attached hydrogens (tertiary/aromatic N) is 10. The van der Waals surface area contributed by atoms with Gasteiger partial charge in [0.05, 0.1) is 46.9 Å². The van der Waals surface area contributed by atoms with Crippen LogP contribution in [-0.2, 0) is 0 Å². The zero-order valence-corrected chi connectivity index (χ0v) is 18.9. The molecule has 10 heteroatoms. The van der Waals surface area contributed by atoms with Crippen LogP contribution in [0.5, 0.6) is 0 Å². The molecule has 38 heavy (non-hydrogen) atoms. The van der Waals surface area contributed by atoms with E-state index in [0.29, 0.717) is 11.1 Å². The van der Waals surface area contributed by atoms with Crippen LogP contribution in [0.3, 0.4) is 0 Å². The minimum absolute atomic E-state index is 0.0150. The van der Waals surface area contributed by atoms with Crippen molar-refractivity contribution in [1.29, 1.82) is 21.0 Å². The van der Waals surface area contributed by atoms with Crippen molar-refractivity contribution >= 4 is 17.1 Å². The molecule has 2 aliphatic rings. The maximum absolute atomic E-state index is 10.2. The zero-order chi connectivity index (χ0) is 27.4. The third-order valence-corrected chi connectivity index (χ3v) is 5.76. The molecule has 168 valence electrons. The molecule has 0 saturated carbocycles. The molecule has 2 aliphatic carbocycles. The largest absolute Gasteiger partial charge is 0.250 e. The molecule has 2 aromatic rings. The van der Waals surface area contributed by atoms with Crippen molar-refractivity contribution in [2.24, 2.45) is 10.1 Å². The van der Waals surface area contributed by atoms with Gasteiger partial charge < -0.3 is 0 Å². The Morgan fingerprint density at radius 2 is 1.34 bits per heavy atom. The summed E-state index contributed by atoms with van der Waals surface area (Å²) in [5.41, 5.74) is 1.19. The van der Waals surface area contributed by atoms with Gasteiger partial charge in [0, 0.05) is 21.6 Å². The molecule has 0 N–H and O–H groups in total. The highest BCUT2D eigenvalue weighted by Crippen LogP contribution is 2.38. The third-order valence-electron chi connectivity index (χ3n) is 5.76. The van der Waals surface area contributed by atoms with Gasteiger partial charge in [0.25, 0.3) is 0 Å². The lowest BCUT2D eigenvalue weighted by Gasteiger charge is -2.05. The van der Waals surface area contributed by atoms with Gasteiger partial charge in [-0.15, -0.1) is 4.95 Å². The first-order valence-corrected chi connectivity index (χ1v) is 10.3. The standard InChI is InChI=1S/C28H6N10/c1-33-20-8-7-16(10-21(20)34-2)23-26(35-3)25-24(28(23)38-36-4)19(13-31)22(27(25)37-14-32)15-5-6-17(11-29)18(9-15)12-30/h5-10H/b37-27?,38-28+. The van der Waals surface area contributed by atoms with Crippen molar-refractivity contribution in [2.75, 3.05) is 0 Å². The van der Waals surface area contributed by atoms with Crippen molar-refractivity contribution in [3.8, 4) is 46.7 Å². The van der Waals surface area contributed by atoms with E-state index in [9.17, 15) is 21.0 Å². The summed E-state index contributed by atoms with van der Waals surface area (Å²) in [6.07, 6.45) is 1.69. The van der Waals surface area contributed by atoms with E-state index in [-0.39, 0.29) is 66.0 Å². The minimum Gasteiger partial charge on any atom is -0.250 e. The summed E-state index contributed by atoms with van der Waals surface area (Å²) in [6, 6.07) is 14.5. The van der Waals surface area contributed by atoms with Crippen LogP contribution in [0.4, 0.5) is 17.1 Å². The number of nitriles is 4. The van der Waals surface area contributed by atoms with Crippen LogP contribution in [0.1, 0.15) is 16.7 Å². The van der Waals surface area contributed by atoms with Gasteiger partial charge in [-0.25, -0.2) is 4.85 Å². The van der Waals surface area contributed by atoms with Crippen molar-refractivity contribution in [3.63, 3.8) is 0 Å². The van der Waals surface area contributed by atoms with Gasteiger partial charge in [0.1, 0.15) is 18.2 Å². The molecule has 0 amide bonds. The Hall–Kier alpha value is -7.08. The Morgan fingerprint density at radius 1 is 0.658 bits per heavy atom. The highest BCUT2D eigenvalue weighted by molar-refractivity contribution is 5.88. The van der Waals surface area contributed by atoms with E-state index in [1.54, 1.807) is 6.19 Å². The summed E-state index contributed by atoms with van der Waals surface area (Å²) in [5, 5.41) is 42.6. The molecule has 0 aromatic heterocycles. The molecule has 0 radical (unpaired) electrons. The summed E-state index contributed by atoms with van der Waals surface area (Å²) >= 11 is 0. The Labute approximate surface area is 215 Å². The zero-order valence-electron chi connectivity index (χ0n) is 18.9. The van der Waals surface area contributed by atoms with Crippen molar-refractivity contribution in [1.82, 2.24) is 0 Å². The molecule has 10 nitrogen and oxygen atoms in total. The summed E-state index contributed by atoms with van der Waals surface area (Å²) < 4.78 is 0. The van der Waals surface area contributed by atoms with E-state index in [1.807, 2.05) is 12.1 Å². The lowest BCUT2D eigenvalue weighted by molar-refractivity contribution is 1.32. The van der Waals surface area contributed by atoms with Crippen LogP contribution < -0.4 is 10.7 Å².